The van der Waals surface area contributed by atoms with Gasteiger partial charge in [-0.25, -0.2) is 0 Å². The van der Waals surface area contributed by atoms with E-state index in [0.29, 0.717) is 16.5 Å². The van der Waals surface area contributed by atoms with Crippen molar-refractivity contribution < 1.29 is 15.0 Å². The molecule has 5 heteroatoms. The van der Waals surface area contributed by atoms with Crippen LogP contribution in [0.4, 0.5) is 0 Å². The van der Waals surface area contributed by atoms with Crippen molar-refractivity contribution >= 4 is 21.8 Å². The molecule has 0 unspecified atom stereocenters. The lowest BCUT2D eigenvalue weighted by atomic mass is 10.1. The largest absolute Gasteiger partial charge is 0.507 e. The van der Waals surface area contributed by atoms with Gasteiger partial charge in [0.05, 0.1) is 17.1 Å². The van der Waals surface area contributed by atoms with E-state index in [-0.39, 0.29) is 24.3 Å². The zero-order valence-electron chi connectivity index (χ0n) is 11.3. The Bertz CT molecular complexity index is 616. The number of carbonyl (C=O) groups excluding carboxylic acids is 1. The number of halogens is 1. The van der Waals surface area contributed by atoms with Crippen LogP contribution in [0.2, 0.25) is 0 Å². The van der Waals surface area contributed by atoms with Gasteiger partial charge in [0.1, 0.15) is 5.75 Å². The highest BCUT2D eigenvalue weighted by Crippen LogP contribution is 2.24. The Morgan fingerprint density at radius 2 is 1.90 bits per heavy atom. The second-order valence-corrected chi connectivity index (χ2v) is 5.56. The smallest absolute Gasteiger partial charge is 0.251 e. The number of carbonyl (C=O) groups is 1. The van der Waals surface area contributed by atoms with Gasteiger partial charge in [0.25, 0.3) is 5.91 Å². The van der Waals surface area contributed by atoms with E-state index in [2.05, 4.69) is 21.2 Å². The number of phenols is 1. The lowest BCUT2D eigenvalue weighted by Gasteiger charge is -2.16. The number of aromatic hydroxyl groups is 1. The fourth-order valence-corrected chi connectivity index (χ4v) is 2.23. The molecule has 0 aliphatic rings. The number of hydrogen-bond acceptors (Lipinski definition) is 3. The van der Waals surface area contributed by atoms with E-state index < -0.39 is 0 Å². The summed E-state index contributed by atoms with van der Waals surface area (Å²) in [6.07, 6.45) is 0.547. The van der Waals surface area contributed by atoms with Crippen LogP contribution in [0, 0.1) is 0 Å². The van der Waals surface area contributed by atoms with E-state index >= 15 is 0 Å². The molecular weight excluding hydrogens is 334 g/mol. The molecular formula is C16H16BrNO3. The Morgan fingerprint density at radius 3 is 2.52 bits per heavy atom. The summed E-state index contributed by atoms with van der Waals surface area (Å²) in [4.78, 5) is 12.1. The van der Waals surface area contributed by atoms with E-state index in [9.17, 15) is 15.0 Å². The summed E-state index contributed by atoms with van der Waals surface area (Å²) >= 11 is 3.17. The molecule has 0 aromatic heterocycles. The van der Waals surface area contributed by atoms with Gasteiger partial charge in [0.15, 0.2) is 0 Å². The monoisotopic (exact) mass is 349 g/mol. The van der Waals surface area contributed by atoms with E-state index in [1.807, 2.05) is 30.3 Å². The second-order valence-electron chi connectivity index (χ2n) is 4.71. The number of amides is 1. The highest BCUT2D eigenvalue weighted by Gasteiger charge is 2.14. The zero-order valence-corrected chi connectivity index (χ0v) is 12.9. The Hall–Kier alpha value is -1.85. The van der Waals surface area contributed by atoms with Crippen LogP contribution < -0.4 is 5.32 Å². The van der Waals surface area contributed by atoms with Crippen molar-refractivity contribution in [3.63, 3.8) is 0 Å². The minimum absolute atomic E-state index is 0.00579. The predicted molar refractivity (Wildman–Crippen MR) is 84.3 cm³/mol. The summed E-state index contributed by atoms with van der Waals surface area (Å²) in [5.74, 6) is -0.320. The molecule has 0 saturated carbocycles. The van der Waals surface area contributed by atoms with Crippen molar-refractivity contribution in [1.82, 2.24) is 5.32 Å². The Labute approximate surface area is 131 Å². The quantitative estimate of drug-likeness (QED) is 0.776. The van der Waals surface area contributed by atoms with Crippen LogP contribution in [-0.4, -0.2) is 28.8 Å². The maximum atomic E-state index is 12.1. The van der Waals surface area contributed by atoms with E-state index in [0.717, 1.165) is 5.56 Å². The Morgan fingerprint density at radius 1 is 1.19 bits per heavy atom. The molecule has 0 radical (unpaired) electrons. The van der Waals surface area contributed by atoms with Gasteiger partial charge in [0.2, 0.25) is 0 Å². The molecule has 0 aliphatic heterocycles. The van der Waals surface area contributed by atoms with Crippen LogP contribution in [0.15, 0.2) is 53.0 Å². The average molecular weight is 350 g/mol. The van der Waals surface area contributed by atoms with Crippen molar-refractivity contribution in [1.29, 1.82) is 0 Å². The van der Waals surface area contributed by atoms with E-state index in [1.165, 1.54) is 6.07 Å². The van der Waals surface area contributed by atoms with Crippen molar-refractivity contribution in [2.75, 3.05) is 6.61 Å². The lowest BCUT2D eigenvalue weighted by molar-refractivity contribution is 0.0916. The van der Waals surface area contributed by atoms with Crippen molar-refractivity contribution in [2.24, 2.45) is 0 Å². The third kappa shape index (κ3) is 4.31. The first kappa shape index (κ1) is 15.5. The summed E-state index contributed by atoms with van der Waals surface area (Å²) in [7, 11) is 0. The third-order valence-electron chi connectivity index (χ3n) is 3.09. The third-order valence-corrected chi connectivity index (χ3v) is 3.76. The van der Waals surface area contributed by atoms with Gasteiger partial charge in [-0.2, -0.15) is 0 Å². The van der Waals surface area contributed by atoms with Crippen LogP contribution in [0.25, 0.3) is 0 Å². The van der Waals surface area contributed by atoms with Crippen LogP contribution >= 0.6 is 15.9 Å². The molecule has 0 saturated heterocycles. The number of phenolic OH excluding ortho intramolecular Hbond substituents is 1. The minimum atomic E-state index is -0.370. The number of hydrogen-bond donors (Lipinski definition) is 3. The van der Waals surface area contributed by atoms with Gasteiger partial charge in [-0.1, -0.05) is 30.3 Å². The van der Waals surface area contributed by atoms with Gasteiger partial charge >= 0.3 is 0 Å². The number of nitrogens with one attached hydrogen (secondary N) is 1. The number of aliphatic hydroxyl groups excluding tert-OH is 1. The van der Waals surface area contributed by atoms with Crippen LogP contribution in [0.5, 0.6) is 5.75 Å². The minimum Gasteiger partial charge on any atom is -0.507 e. The number of aliphatic hydroxyl groups is 1. The molecule has 2 aromatic rings. The molecule has 1 atom stereocenters. The highest BCUT2D eigenvalue weighted by molar-refractivity contribution is 9.10. The van der Waals surface area contributed by atoms with Gasteiger partial charge in [-0.3, -0.25) is 4.79 Å². The summed E-state index contributed by atoms with van der Waals surface area (Å²) in [6, 6.07) is 13.9. The van der Waals surface area contributed by atoms with Gasteiger partial charge in [-0.15, -0.1) is 0 Å². The van der Waals surface area contributed by atoms with Crippen molar-refractivity contribution in [3.05, 3.63) is 64.1 Å². The fraction of sp³-hybridized carbons (Fsp3) is 0.188. The molecule has 0 heterocycles. The molecule has 1 amide bonds. The first-order valence-electron chi connectivity index (χ1n) is 6.54. The van der Waals surface area contributed by atoms with Crippen LogP contribution in [-0.2, 0) is 6.42 Å². The summed E-state index contributed by atoms with van der Waals surface area (Å²) in [5.41, 5.74) is 1.39. The normalized spacial score (nSPS) is 11.9. The second kappa shape index (κ2) is 7.24. The van der Waals surface area contributed by atoms with Gasteiger partial charge in [0, 0.05) is 5.56 Å². The molecule has 0 spiro atoms. The first-order valence-corrected chi connectivity index (χ1v) is 7.33. The fourth-order valence-electron chi connectivity index (χ4n) is 1.98. The standard InChI is InChI=1S/C16H16BrNO3/c17-14-7-6-12(9-15(14)20)16(21)18-13(10-19)8-11-4-2-1-3-5-11/h1-7,9,13,19-20H,8,10H2,(H,18,21)/t13-/m0/s1. The van der Waals surface area contributed by atoms with Gasteiger partial charge in [-0.05, 0) is 46.1 Å². The average Bonchev–Trinajstić information content (AvgIpc) is 2.50. The van der Waals surface area contributed by atoms with E-state index in [1.54, 1.807) is 12.1 Å². The molecule has 3 N–H and O–H groups in total. The molecule has 21 heavy (non-hydrogen) atoms. The molecule has 0 aliphatic carbocycles. The lowest BCUT2D eigenvalue weighted by Crippen LogP contribution is -2.39. The molecule has 0 fully saturated rings. The zero-order chi connectivity index (χ0) is 15.2. The Kier molecular flexibility index (Phi) is 5.36. The Balaban J connectivity index is 2.04. The molecule has 0 bridgehead atoms. The number of benzene rings is 2. The number of rotatable bonds is 5. The molecule has 110 valence electrons. The summed E-state index contributed by atoms with van der Waals surface area (Å²) in [6.45, 7) is -0.150. The maximum Gasteiger partial charge on any atom is 0.251 e. The maximum absolute atomic E-state index is 12.1. The van der Waals surface area contributed by atoms with Crippen LogP contribution in [0.3, 0.4) is 0 Å². The van der Waals surface area contributed by atoms with Crippen molar-refractivity contribution in [3.8, 4) is 5.75 Å². The van der Waals surface area contributed by atoms with E-state index in [4.69, 9.17) is 0 Å². The molecule has 2 rings (SSSR count). The van der Waals surface area contributed by atoms with Crippen LogP contribution in [0.1, 0.15) is 15.9 Å². The molecule has 2 aromatic carbocycles. The molecule has 4 nitrogen and oxygen atoms in total. The SMILES string of the molecule is O=C(N[C@H](CO)Cc1ccccc1)c1ccc(Br)c(O)c1. The van der Waals surface area contributed by atoms with Gasteiger partial charge < -0.3 is 15.5 Å². The highest BCUT2D eigenvalue weighted by atomic mass is 79.9. The summed E-state index contributed by atoms with van der Waals surface area (Å²) in [5, 5.41) is 21.8. The first-order chi connectivity index (χ1) is 10.1. The van der Waals surface area contributed by atoms with Crippen molar-refractivity contribution in [2.45, 2.75) is 12.5 Å². The topological polar surface area (TPSA) is 69.6 Å². The predicted octanol–water partition coefficient (Wildman–Crippen LogP) is 2.49. The summed E-state index contributed by atoms with van der Waals surface area (Å²) < 4.78 is 0.530.